The number of Topliss-reactive ketones (excluding diaryl/α,β-unsaturated/α-hetero) is 1. The van der Waals surface area contributed by atoms with E-state index in [9.17, 15) is 4.79 Å². The van der Waals surface area contributed by atoms with E-state index in [0.29, 0.717) is 0 Å². The van der Waals surface area contributed by atoms with E-state index < -0.39 is 23.8 Å². The highest BCUT2D eigenvalue weighted by atomic mass is 16.8. The van der Waals surface area contributed by atoms with Crippen LogP contribution in [0.15, 0.2) is 0 Å². The zero-order valence-corrected chi connectivity index (χ0v) is 9.85. The van der Waals surface area contributed by atoms with E-state index in [-0.39, 0.29) is 18.0 Å². The Labute approximate surface area is 94.0 Å². The van der Waals surface area contributed by atoms with E-state index in [4.69, 9.17) is 18.9 Å². The summed E-state index contributed by atoms with van der Waals surface area (Å²) in [4.78, 5) is 12.0. The molecule has 2 saturated heterocycles. The predicted molar refractivity (Wildman–Crippen MR) is 52.7 cm³/mol. The van der Waals surface area contributed by atoms with E-state index in [2.05, 4.69) is 0 Å². The van der Waals surface area contributed by atoms with Crippen LogP contribution in [0.1, 0.15) is 27.7 Å². The monoisotopic (exact) mass is 228 g/mol. The second-order valence-electron chi connectivity index (χ2n) is 5.44. The van der Waals surface area contributed by atoms with Gasteiger partial charge in [0.05, 0.1) is 0 Å². The van der Waals surface area contributed by atoms with E-state index >= 15 is 0 Å². The minimum Gasteiger partial charge on any atom is -0.341 e. The first-order valence-electron chi connectivity index (χ1n) is 5.54. The molecule has 0 aromatic carbocycles. The van der Waals surface area contributed by atoms with Crippen molar-refractivity contribution in [2.45, 2.75) is 63.7 Å². The van der Waals surface area contributed by atoms with Crippen molar-refractivity contribution in [2.24, 2.45) is 0 Å². The number of fused-ring (bicyclic) bond motifs is 3. The van der Waals surface area contributed by atoms with Crippen molar-refractivity contribution < 1.29 is 23.7 Å². The first kappa shape index (κ1) is 10.7. The van der Waals surface area contributed by atoms with Gasteiger partial charge in [-0.15, -0.1) is 0 Å². The molecule has 0 amide bonds. The molecule has 5 nitrogen and oxygen atoms in total. The second kappa shape index (κ2) is 2.85. The number of rotatable bonds is 0. The minimum atomic E-state index is -0.716. The number of carbonyl (C=O) groups is 1. The average molecular weight is 228 g/mol. The molecule has 4 atom stereocenters. The van der Waals surface area contributed by atoms with Gasteiger partial charge in [-0.3, -0.25) is 4.79 Å². The lowest BCUT2D eigenvalue weighted by Gasteiger charge is -2.21. The van der Waals surface area contributed by atoms with Crippen LogP contribution in [-0.2, 0) is 23.7 Å². The minimum absolute atomic E-state index is 0.0637. The van der Waals surface area contributed by atoms with E-state index in [1.807, 2.05) is 0 Å². The van der Waals surface area contributed by atoms with Gasteiger partial charge in [-0.25, -0.2) is 0 Å². The Morgan fingerprint density at radius 2 is 1.19 bits per heavy atom. The van der Waals surface area contributed by atoms with Crippen LogP contribution >= 0.6 is 0 Å². The molecule has 0 radical (unpaired) electrons. The third-order valence-corrected chi connectivity index (χ3v) is 3.14. The smallest absolute Gasteiger partial charge is 0.196 e. The maximum atomic E-state index is 12.0. The Balaban J connectivity index is 1.89. The summed E-state index contributed by atoms with van der Waals surface area (Å²) in [6.07, 6.45) is -1.76. The molecule has 3 fully saturated rings. The van der Waals surface area contributed by atoms with E-state index in [0.717, 1.165) is 0 Å². The molecule has 16 heavy (non-hydrogen) atoms. The largest absolute Gasteiger partial charge is 0.341 e. The van der Waals surface area contributed by atoms with Crippen LogP contribution in [-0.4, -0.2) is 41.8 Å². The molecule has 0 unspecified atom stereocenters. The summed E-state index contributed by atoms with van der Waals surface area (Å²) in [6.45, 7) is 7.20. The zero-order valence-electron chi connectivity index (χ0n) is 9.85. The second-order valence-corrected chi connectivity index (χ2v) is 5.44. The third kappa shape index (κ3) is 1.35. The maximum absolute atomic E-state index is 12.0. The molecule has 0 aromatic heterocycles. The topological polar surface area (TPSA) is 54.0 Å². The molecule has 0 aromatic rings. The molecule has 3 aliphatic rings. The number of hydrogen-bond donors (Lipinski definition) is 0. The molecule has 0 N–H and O–H groups in total. The van der Waals surface area contributed by atoms with Gasteiger partial charge in [0.1, 0.15) is 12.2 Å². The van der Waals surface area contributed by atoms with Crippen molar-refractivity contribution in [2.75, 3.05) is 0 Å². The summed E-state index contributed by atoms with van der Waals surface area (Å²) in [5.41, 5.74) is 0. The Morgan fingerprint density at radius 1 is 0.812 bits per heavy atom. The fourth-order valence-corrected chi connectivity index (χ4v) is 2.66. The summed E-state index contributed by atoms with van der Waals surface area (Å²) in [5, 5.41) is 0. The van der Waals surface area contributed by atoms with E-state index in [1.165, 1.54) is 0 Å². The van der Waals surface area contributed by atoms with Gasteiger partial charge in [0, 0.05) is 0 Å². The highest BCUT2D eigenvalue weighted by molar-refractivity contribution is 5.92. The van der Waals surface area contributed by atoms with Gasteiger partial charge in [-0.05, 0) is 27.7 Å². The molecule has 5 heteroatoms. The Bertz CT molecular complexity index is 316. The standard InChI is InChI=1S/C11H16O5/c1-10(2)13-6-5(12)7-9(8(6)15-10)16-11(3,4)14-7/h6-9H,1-4H3/t6-,7+,8-,9+. The summed E-state index contributed by atoms with van der Waals surface area (Å²) >= 11 is 0. The first-order chi connectivity index (χ1) is 7.29. The SMILES string of the molecule is CC1(C)O[C@H]2[C@H]3OC(C)(C)O[C@H]3C(=O)[C@H]2O1. The van der Waals surface area contributed by atoms with Crippen molar-refractivity contribution in [1.82, 2.24) is 0 Å². The van der Waals surface area contributed by atoms with Crippen LogP contribution in [0, 0.1) is 0 Å². The lowest BCUT2D eigenvalue weighted by molar-refractivity contribution is -0.174. The van der Waals surface area contributed by atoms with Crippen molar-refractivity contribution in [1.29, 1.82) is 0 Å². The first-order valence-corrected chi connectivity index (χ1v) is 5.54. The van der Waals surface area contributed by atoms with Crippen molar-refractivity contribution >= 4 is 5.78 Å². The molecular formula is C11H16O5. The van der Waals surface area contributed by atoms with Gasteiger partial charge in [0.2, 0.25) is 0 Å². The van der Waals surface area contributed by atoms with Crippen molar-refractivity contribution in [3.63, 3.8) is 0 Å². The summed E-state index contributed by atoms with van der Waals surface area (Å²) in [7, 11) is 0. The fraction of sp³-hybridized carbons (Fsp3) is 0.909. The van der Waals surface area contributed by atoms with Crippen LogP contribution in [0.3, 0.4) is 0 Å². The zero-order chi connectivity index (χ0) is 11.7. The van der Waals surface area contributed by atoms with Gasteiger partial charge < -0.3 is 18.9 Å². The van der Waals surface area contributed by atoms with Crippen LogP contribution in [0.4, 0.5) is 0 Å². The molecule has 3 rings (SSSR count). The van der Waals surface area contributed by atoms with Crippen LogP contribution in [0.5, 0.6) is 0 Å². The predicted octanol–water partition coefficient (Wildman–Crippen LogP) is 0.609. The molecular weight excluding hydrogens is 212 g/mol. The molecule has 0 bridgehead atoms. The number of ketones is 1. The van der Waals surface area contributed by atoms with Gasteiger partial charge in [-0.1, -0.05) is 0 Å². The van der Waals surface area contributed by atoms with Crippen LogP contribution in [0.25, 0.3) is 0 Å². The maximum Gasteiger partial charge on any atom is 0.196 e. The molecule has 90 valence electrons. The highest BCUT2D eigenvalue weighted by Gasteiger charge is 2.64. The lowest BCUT2D eigenvalue weighted by atomic mass is 10.2. The molecule has 2 aliphatic heterocycles. The third-order valence-electron chi connectivity index (χ3n) is 3.14. The fourth-order valence-electron chi connectivity index (χ4n) is 2.66. The van der Waals surface area contributed by atoms with Gasteiger partial charge in [-0.2, -0.15) is 0 Å². The normalized spacial score (nSPS) is 48.1. The van der Waals surface area contributed by atoms with Gasteiger partial charge in [0.15, 0.2) is 29.6 Å². The molecule has 1 saturated carbocycles. The van der Waals surface area contributed by atoms with Crippen LogP contribution in [0.2, 0.25) is 0 Å². The average Bonchev–Trinajstić information content (AvgIpc) is 2.66. The summed E-state index contributed by atoms with van der Waals surface area (Å²) in [5.74, 6) is -1.50. The molecule has 0 spiro atoms. The highest BCUT2D eigenvalue weighted by Crippen LogP contribution is 2.44. The van der Waals surface area contributed by atoms with E-state index in [1.54, 1.807) is 27.7 Å². The Hall–Kier alpha value is -0.490. The van der Waals surface area contributed by atoms with Crippen LogP contribution < -0.4 is 0 Å². The van der Waals surface area contributed by atoms with Gasteiger partial charge >= 0.3 is 0 Å². The number of ether oxygens (including phenoxy) is 4. The number of carbonyl (C=O) groups excluding carboxylic acids is 1. The molecule has 2 heterocycles. The summed E-state index contributed by atoms with van der Waals surface area (Å²) in [6, 6.07) is 0. The molecule has 1 aliphatic carbocycles. The summed E-state index contributed by atoms with van der Waals surface area (Å²) < 4.78 is 22.5. The Kier molecular flexibility index (Phi) is 1.89. The lowest BCUT2D eigenvalue weighted by Crippen LogP contribution is -2.34. The van der Waals surface area contributed by atoms with Crippen molar-refractivity contribution in [3.05, 3.63) is 0 Å². The quantitative estimate of drug-likeness (QED) is 0.608. The van der Waals surface area contributed by atoms with Gasteiger partial charge in [0.25, 0.3) is 0 Å². The number of hydrogen-bond acceptors (Lipinski definition) is 5. The van der Waals surface area contributed by atoms with Crippen molar-refractivity contribution in [3.8, 4) is 0 Å². The Morgan fingerprint density at radius 3 is 1.56 bits per heavy atom.